The summed E-state index contributed by atoms with van der Waals surface area (Å²) < 4.78 is 9.41. The smallest absolute Gasteiger partial charge is 0.253 e. The second-order valence-corrected chi connectivity index (χ2v) is 8.68. The molecule has 0 aliphatic rings. The summed E-state index contributed by atoms with van der Waals surface area (Å²) >= 11 is 0. The van der Waals surface area contributed by atoms with Crippen molar-refractivity contribution in [3.8, 4) is 28.3 Å². The molecule has 0 saturated heterocycles. The van der Waals surface area contributed by atoms with Crippen molar-refractivity contribution in [2.45, 2.75) is 20.5 Å². The van der Waals surface area contributed by atoms with E-state index in [9.17, 15) is 4.79 Å². The number of nitrogens with zero attached hydrogens (tertiary/aromatic N) is 4. The van der Waals surface area contributed by atoms with Crippen LogP contribution in [0.15, 0.2) is 77.9 Å². The second kappa shape index (κ2) is 8.63. The fourth-order valence-electron chi connectivity index (χ4n) is 4.22. The lowest BCUT2D eigenvalue weighted by Crippen LogP contribution is -2.18. The molecule has 3 heterocycles. The van der Waals surface area contributed by atoms with Crippen molar-refractivity contribution in [3.63, 3.8) is 0 Å². The van der Waals surface area contributed by atoms with Crippen molar-refractivity contribution < 1.29 is 4.74 Å². The van der Waals surface area contributed by atoms with Gasteiger partial charge in [-0.15, -0.1) is 5.10 Å². The molecule has 0 amide bonds. The number of hydrogen-bond donors (Lipinski definition) is 0. The number of rotatable bonds is 5. The van der Waals surface area contributed by atoms with E-state index >= 15 is 0 Å². The van der Waals surface area contributed by atoms with E-state index in [0.29, 0.717) is 18.1 Å². The van der Waals surface area contributed by atoms with Crippen LogP contribution in [0.1, 0.15) is 16.7 Å². The normalized spacial score (nSPS) is 11.2. The number of ether oxygens (including phenoxy) is 1. The summed E-state index contributed by atoms with van der Waals surface area (Å²) in [5.74, 6) is 0.539. The summed E-state index contributed by atoms with van der Waals surface area (Å²) in [6.07, 6.45) is 3.72. The van der Waals surface area contributed by atoms with Gasteiger partial charge in [0.05, 0.1) is 16.8 Å². The Morgan fingerprint density at radius 1 is 0.882 bits per heavy atom. The van der Waals surface area contributed by atoms with Crippen LogP contribution in [0, 0.1) is 13.8 Å². The standard InChI is InChI=1S/C28H26N4O2/c1-18-13-22-7-5-6-8-25(22)29-26(18)21-11-9-20(10-12-21)17-34-27-24(16-32(4)30-27)23-14-19(2)28(33)31(3)15-23/h5-16H,17H2,1-4H3. The molecule has 0 unspecified atom stereocenters. The fourth-order valence-corrected chi connectivity index (χ4v) is 4.22. The van der Waals surface area contributed by atoms with Crippen molar-refractivity contribution in [3.05, 3.63) is 100 Å². The van der Waals surface area contributed by atoms with E-state index in [1.807, 2.05) is 50.6 Å². The number of benzene rings is 2. The molecule has 170 valence electrons. The maximum absolute atomic E-state index is 12.1. The summed E-state index contributed by atoms with van der Waals surface area (Å²) in [4.78, 5) is 16.9. The largest absolute Gasteiger partial charge is 0.471 e. The molecule has 0 spiro atoms. The van der Waals surface area contributed by atoms with Crippen molar-refractivity contribution in [1.29, 1.82) is 0 Å². The number of fused-ring (bicyclic) bond motifs is 1. The first-order chi connectivity index (χ1) is 16.4. The molecule has 0 aliphatic heterocycles. The summed E-state index contributed by atoms with van der Waals surface area (Å²) in [6, 6.07) is 20.5. The molecular weight excluding hydrogens is 424 g/mol. The molecule has 0 aliphatic carbocycles. The first-order valence-electron chi connectivity index (χ1n) is 11.2. The van der Waals surface area contributed by atoms with Gasteiger partial charge in [0, 0.05) is 48.6 Å². The topological polar surface area (TPSA) is 61.9 Å². The molecule has 0 atom stereocenters. The Labute approximate surface area is 198 Å². The van der Waals surface area contributed by atoms with Gasteiger partial charge in [-0.2, -0.15) is 0 Å². The maximum atomic E-state index is 12.1. The Morgan fingerprint density at radius 3 is 2.41 bits per heavy atom. The van der Waals surface area contributed by atoms with Gasteiger partial charge in [0.15, 0.2) is 0 Å². The predicted molar refractivity (Wildman–Crippen MR) is 135 cm³/mol. The predicted octanol–water partition coefficient (Wildman–Crippen LogP) is 5.20. The third-order valence-corrected chi connectivity index (χ3v) is 5.99. The van der Waals surface area contributed by atoms with Crippen LogP contribution in [-0.2, 0) is 20.7 Å². The van der Waals surface area contributed by atoms with Crippen LogP contribution in [0.25, 0.3) is 33.3 Å². The highest BCUT2D eigenvalue weighted by atomic mass is 16.5. The molecule has 2 aromatic carbocycles. The van der Waals surface area contributed by atoms with Gasteiger partial charge in [0.1, 0.15) is 6.61 Å². The van der Waals surface area contributed by atoms with Gasteiger partial charge in [-0.1, -0.05) is 42.5 Å². The zero-order chi connectivity index (χ0) is 23.8. The minimum Gasteiger partial charge on any atom is -0.471 e. The van der Waals surface area contributed by atoms with Crippen molar-refractivity contribution in [2.24, 2.45) is 14.1 Å². The molecule has 5 rings (SSSR count). The minimum absolute atomic E-state index is 0.00802. The number of aryl methyl sites for hydroxylation is 4. The van der Waals surface area contributed by atoms with Crippen LogP contribution in [0.5, 0.6) is 5.88 Å². The molecule has 0 radical (unpaired) electrons. The van der Waals surface area contributed by atoms with Crippen LogP contribution in [0.2, 0.25) is 0 Å². The molecular formula is C28H26N4O2. The molecule has 3 aromatic heterocycles. The lowest BCUT2D eigenvalue weighted by atomic mass is 10.0. The molecule has 6 heteroatoms. The molecule has 0 bridgehead atoms. The van der Waals surface area contributed by atoms with Crippen LogP contribution < -0.4 is 10.3 Å². The van der Waals surface area contributed by atoms with Gasteiger partial charge in [-0.25, -0.2) is 4.98 Å². The zero-order valence-electron chi connectivity index (χ0n) is 19.7. The Hall–Kier alpha value is -4.19. The highest BCUT2D eigenvalue weighted by molar-refractivity contribution is 5.83. The highest BCUT2D eigenvalue weighted by Crippen LogP contribution is 2.30. The molecule has 5 aromatic rings. The Morgan fingerprint density at radius 2 is 1.65 bits per heavy atom. The van der Waals surface area contributed by atoms with Gasteiger partial charge < -0.3 is 9.30 Å². The van der Waals surface area contributed by atoms with Gasteiger partial charge in [0.2, 0.25) is 5.88 Å². The second-order valence-electron chi connectivity index (χ2n) is 8.68. The van der Waals surface area contributed by atoms with Crippen LogP contribution in [0.3, 0.4) is 0 Å². The van der Waals surface area contributed by atoms with Crippen LogP contribution in [-0.4, -0.2) is 19.3 Å². The number of hydrogen-bond acceptors (Lipinski definition) is 4. The van der Waals surface area contributed by atoms with Gasteiger partial charge in [-0.05, 0) is 43.2 Å². The van der Waals surface area contributed by atoms with Crippen LogP contribution in [0.4, 0.5) is 0 Å². The third kappa shape index (κ3) is 4.10. The maximum Gasteiger partial charge on any atom is 0.253 e. The van der Waals surface area contributed by atoms with Gasteiger partial charge >= 0.3 is 0 Å². The minimum atomic E-state index is -0.00802. The third-order valence-electron chi connectivity index (χ3n) is 5.99. The van der Waals surface area contributed by atoms with E-state index in [-0.39, 0.29) is 5.56 Å². The van der Waals surface area contributed by atoms with E-state index in [1.54, 1.807) is 16.3 Å². The molecule has 34 heavy (non-hydrogen) atoms. The molecule has 0 N–H and O–H groups in total. The van der Waals surface area contributed by atoms with Crippen molar-refractivity contribution in [2.75, 3.05) is 0 Å². The number of pyridine rings is 2. The average Bonchev–Trinajstić information content (AvgIpc) is 3.21. The lowest BCUT2D eigenvalue weighted by molar-refractivity contribution is 0.292. The van der Waals surface area contributed by atoms with Gasteiger partial charge in [0.25, 0.3) is 5.56 Å². The molecule has 0 fully saturated rings. The van der Waals surface area contributed by atoms with E-state index < -0.39 is 0 Å². The number of aromatic nitrogens is 4. The fraction of sp³-hybridized carbons (Fsp3) is 0.179. The first kappa shape index (κ1) is 21.6. The van der Waals surface area contributed by atoms with E-state index in [2.05, 4.69) is 48.4 Å². The van der Waals surface area contributed by atoms with E-state index in [1.165, 1.54) is 0 Å². The number of para-hydroxylation sites is 1. The van der Waals surface area contributed by atoms with E-state index in [0.717, 1.165) is 44.4 Å². The summed E-state index contributed by atoms with van der Waals surface area (Å²) in [5, 5.41) is 5.63. The lowest BCUT2D eigenvalue weighted by Gasteiger charge is -2.10. The van der Waals surface area contributed by atoms with Crippen molar-refractivity contribution in [1.82, 2.24) is 19.3 Å². The summed E-state index contributed by atoms with van der Waals surface area (Å²) in [5.41, 5.74) is 7.67. The molecule has 0 saturated carbocycles. The van der Waals surface area contributed by atoms with Crippen LogP contribution >= 0.6 is 0 Å². The zero-order valence-corrected chi connectivity index (χ0v) is 19.7. The van der Waals surface area contributed by atoms with Crippen molar-refractivity contribution >= 4 is 10.9 Å². The Balaban J connectivity index is 1.37. The summed E-state index contributed by atoms with van der Waals surface area (Å²) in [6.45, 7) is 4.30. The van der Waals surface area contributed by atoms with E-state index in [4.69, 9.17) is 9.72 Å². The SMILES string of the molecule is Cc1cc2ccccc2nc1-c1ccc(COc2nn(C)cc2-c2cc(C)c(=O)n(C)c2)cc1. The monoisotopic (exact) mass is 450 g/mol. The first-order valence-corrected chi connectivity index (χ1v) is 11.2. The van der Waals surface area contributed by atoms with Gasteiger partial charge in [-0.3, -0.25) is 9.48 Å². The molecule has 6 nitrogen and oxygen atoms in total. The quantitative estimate of drug-likeness (QED) is 0.369. The summed E-state index contributed by atoms with van der Waals surface area (Å²) in [7, 11) is 3.61. The highest BCUT2D eigenvalue weighted by Gasteiger charge is 2.14. The Kier molecular flexibility index (Phi) is 5.49. The average molecular weight is 451 g/mol. The Bertz CT molecular complexity index is 1540.